The number of unbranched alkanes of at least 4 members (excludes halogenated alkanes) is 1. The van der Waals surface area contributed by atoms with Crippen LogP contribution in [0.25, 0.3) is 0 Å². The summed E-state index contributed by atoms with van der Waals surface area (Å²) in [6.45, 7) is 0.422. The van der Waals surface area contributed by atoms with Crippen molar-refractivity contribution in [3.05, 3.63) is 71.8 Å². The van der Waals surface area contributed by atoms with E-state index in [1.807, 2.05) is 0 Å². The van der Waals surface area contributed by atoms with E-state index >= 15 is 0 Å². The van der Waals surface area contributed by atoms with E-state index in [1.165, 1.54) is 0 Å². The number of amides is 2. The molecule has 0 aromatic heterocycles. The second-order valence-electron chi connectivity index (χ2n) is 5.85. The average Bonchev–Trinajstić information content (AvgIpc) is 2.68. The highest BCUT2D eigenvalue weighted by molar-refractivity contribution is 6.12. The molecule has 2 amide bonds. The minimum Gasteiger partial charge on any atom is -0.480 e. The second-order valence-corrected chi connectivity index (χ2v) is 5.85. The molecular formula is C20H22N2O4. The lowest BCUT2D eigenvalue weighted by Gasteiger charge is -2.27. The quantitative estimate of drug-likeness (QED) is 0.560. The van der Waals surface area contributed by atoms with E-state index in [2.05, 4.69) is 0 Å². The van der Waals surface area contributed by atoms with Crippen LogP contribution < -0.4 is 5.73 Å². The third-order valence-corrected chi connectivity index (χ3v) is 4.01. The highest BCUT2D eigenvalue weighted by Crippen LogP contribution is 2.18. The Balaban J connectivity index is 2.41. The largest absolute Gasteiger partial charge is 0.480 e. The Labute approximate surface area is 152 Å². The van der Waals surface area contributed by atoms with Crippen LogP contribution in [0.3, 0.4) is 0 Å². The molecule has 136 valence electrons. The summed E-state index contributed by atoms with van der Waals surface area (Å²) in [5.74, 6) is -2.46. The molecule has 0 bridgehead atoms. The van der Waals surface area contributed by atoms with Gasteiger partial charge in [-0.3, -0.25) is 14.5 Å². The topological polar surface area (TPSA) is 101 Å². The molecule has 0 spiro atoms. The number of nitrogens with zero attached hydrogens (tertiary/aromatic N) is 1. The summed E-state index contributed by atoms with van der Waals surface area (Å²) >= 11 is 0. The minimum atomic E-state index is -1.25. The number of hydrogen-bond donors (Lipinski definition) is 2. The van der Waals surface area contributed by atoms with Crippen molar-refractivity contribution in [2.45, 2.75) is 25.3 Å². The highest BCUT2D eigenvalue weighted by atomic mass is 16.4. The fourth-order valence-corrected chi connectivity index (χ4v) is 2.66. The molecule has 3 N–H and O–H groups in total. The van der Waals surface area contributed by atoms with E-state index in [0.29, 0.717) is 19.4 Å². The molecule has 0 aliphatic rings. The predicted octanol–water partition coefficient (Wildman–Crippen LogP) is 2.55. The third-order valence-electron chi connectivity index (χ3n) is 4.01. The maximum atomic E-state index is 13.0. The van der Waals surface area contributed by atoms with Crippen molar-refractivity contribution in [3.8, 4) is 0 Å². The van der Waals surface area contributed by atoms with Crippen LogP contribution in [-0.4, -0.2) is 40.4 Å². The van der Waals surface area contributed by atoms with Gasteiger partial charge >= 0.3 is 5.97 Å². The van der Waals surface area contributed by atoms with Gasteiger partial charge in [0.25, 0.3) is 11.8 Å². The van der Waals surface area contributed by atoms with Gasteiger partial charge in [-0.05, 0) is 50.1 Å². The third kappa shape index (κ3) is 4.77. The molecule has 2 rings (SSSR count). The van der Waals surface area contributed by atoms with Crippen LogP contribution in [0.5, 0.6) is 0 Å². The van der Waals surface area contributed by atoms with E-state index in [4.69, 9.17) is 5.73 Å². The van der Waals surface area contributed by atoms with Crippen molar-refractivity contribution in [1.29, 1.82) is 0 Å². The van der Waals surface area contributed by atoms with Crippen molar-refractivity contribution < 1.29 is 19.5 Å². The van der Waals surface area contributed by atoms with Crippen LogP contribution in [0.4, 0.5) is 0 Å². The number of imide groups is 1. The zero-order valence-electron chi connectivity index (χ0n) is 14.4. The van der Waals surface area contributed by atoms with Gasteiger partial charge in [0, 0.05) is 11.1 Å². The Hall–Kier alpha value is -2.99. The van der Waals surface area contributed by atoms with Crippen LogP contribution in [-0.2, 0) is 4.79 Å². The molecule has 6 heteroatoms. The number of nitrogens with two attached hydrogens (primary N) is 1. The molecule has 26 heavy (non-hydrogen) atoms. The Morgan fingerprint density at radius 1 is 0.846 bits per heavy atom. The summed E-state index contributed by atoms with van der Waals surface area (Å²) in [6.07, 6.45) is 1.29. The summed E-state index contributed by atoms with van der Waals surface area (Å²) in [6, 6.07) is 15.2. The smallest absolute Gasteiger partial charge is 0.326 e. The van der Waals surface area contributed by atoms with E-state index in [-0.39, 0.29) is 17.5 Å². The SMILES string of the molecule is NCCCC[C@@H](C(=O)O)N(C(=O)c1ccccc1)C(=O)c1ccccc1. The maximum absolute atomic E-state index is 13.0. The number of carboxylic acid groups (broad SMARTS) is 1. The zero-order valence-corrected chi connectivity index (χ0v) is 14.4. The second kappa shape index (κ2) is 9.48. The van der Waals surface area contributed by atoms with Crippen molar-refractivity contribution in [1.82, 2.24) is 4.90 Å². The fraction of sp³-hybridized carbons (Fsp3) is 0.250. The number of carbonyl (C=O) groups excluding carboxylic acids is 2. The summed E-state index contributed by atoms with van der Waals surface area (Å²) < 4.78 is 0. The van der Waals surface area contributed by atoms with Crippen LogP contribution in [0, 0.1) is 0 Å². The number of carbonyl (C=O) groups is 3. The number of carboxylic acids is 1. The van der Waals surface area contributed by atoms with Gasteiger partial charge in [0.2, 0.25) is 0 Å². The number of benzene rings is 2. The first kappa shape index (κ1) is 19.3. The molecule has 6 nitrogen and oxygen atoms in total. The van der Waals surface area contributed by atoms with Crippen molar-refractivity contribution in [2.75, 3.05) is 6.54 Å². The van der Waals surface area contributed by atoms with Crippen molar-refractivity contribution >= 4 is 17.8 Å². The minimum absolute atomic E-state index is 0.156. The van der Waals surface area contributed by atoms with E-state index in [1.54, 1.807) is 60.7 Å². The molecule has 0 fully saturated rings. The fourth-order valence-electron chi connectivity index (χ4n) is 2.66. The lowest BCUT2D eigenvalue weighted by Crippen LogP contribution is -2.48. The first-order valence-electron chi connectivity index (χ1n) is 8.47. The number of aliphatic carboxylic acids is 1. The van der Waals surface area contributed by atoms with Gasteiger partial charge < -0.3 is 10.8 Å². The van der Waals surface area contributed by atoms with Crippen LogP contribution in [0.1, 0.15) is 40.0 Å². The molecule has 0 saturated heterocycles. The van der Waals surface area contributed by atoms with Crippen molar-refractivity contribution in [2.24, 2.45) is 5.73 Å². The zero-order chi connectivity index (χ0) is 18.9. The monoisotopic (exact) mass is 354 g/mol. The molecule has 2 aromatic rings. The Kier molecular flexibility index (Phi) is 7.05. The van der Waals surface area contributed by atoms with Gasteiger partial charge in [0.15, 0.2) is 0 Å². The lowest BCUT2D eigenvalue weighted by atomic mass is 10.0. The molecule has 2 aromatic carbocycles. The summed E-state index contributed by atoms with van der Waals surface area (Å²) in [7, 11) is 0. The van der Waals surface area contributed by atoms with Crippen LogP contribution in [0.15, 0.2) is 60.7 Å². The molecule has 0 radical (unpaired) electrons. The molecule has 1 atom stereocenters. The van der Waals surface area contributed by atoms with Crippen LogP contribution >= 0.6 is 0 Å². The molecule has 0 aliphatic carbocycles. The highest BCUT2D eigenvalue weighted by Gasteiger charge is 2.35. The van der Waals surface area contributed by atoms with E-state index < -0.39 is 23.8 Å². The van der Waals surface area contributed by atoms with E-state index in [0.717, 1.165) is 4.90 Å². The normalized spacial score (nSPS) is 11.6. The summed E-state index contributed by atoms with van der Waals surface area (Å²) in [5.41, 5.74) is 6.00. The van der Waals surface area contributed by atoms with Gasteiger partial charge in [-0.25, -0.2) is 4.79 Å². The molecule has 0 saturated carbocycles. The summed E-state index contributed by atoms with van der Waals surface area (Å²) in [4.78, 5) is 38.6. The predicted molar refractivity (Wildman–Crippen MR) is 97.7 cm³/mol. The Morgan fingerprint density at radius 3 is 1.69 bits per heavy atom. The van der Waals surface area contributed by atoms with Gasteiger partial charge in [0.05, 0.1) is 0 Å². The number of rotatable bonds is 8. The van der Waals surface area contributed by atoms with Gasteiger partial charge in [-0.1, -0.05) is 36.4 Å². The molecule has 0 unspecified atom stereocenters. The van der Waals surface area contributed by atoms with Gasteiger partial charge in [-0.15, -0.1) is 0 Å². The summed E-state index contributed by atoms with van der Waals surface area (Å²) in [5, 5.41) is 9.66. The Morgan fingerprint density at radius 2 is 1.31 bits per heavy atom. The molecule has 0 heterocycles. The van der Waals surface area contributed by atoms with Crippen molar-refractivity contribution in [3.63, 3.8) is 0 Å². The van der Waals surface area contributed by atoms with E-state index in [9.17, 15) is 19.5 Å². The first-order valence-corrected chi connectivity index (χ1v) is 8.47. The van der Waals surface area contributed by atoms with Gasteiger partial charge in [0.1, 0.15) is 6.04 Å². The van der Waals surface area contributed by atoms with Gasteiger partial charge in [-0.2, -0.15) is 0 Å². The molecule has 0 aliphatic heterocycles. The average molecular weight is 354 g/mol. The maximum Gasteiger partial charge on any atom is 0.326 e. The number of hydrogen-bond acceptors (Lipinski definition) is 4. The lowest BCUT2D eigenvalue weighted by molar-refractivity contribution is -0.141. The standard InChI is InChI=1S/C20H22N2O4/c21-14-8-7-13-17(20(25)26)22(18(23)15-9-3-1-4-10-15)19(24)16-11-5-2-6-12-16/h1-6,9-12,17H,7-8,13-14,21H2,(H,25,26)/t17-/m0/s1. The van der Waals surface area contributed by atoms with Crippen LogP contribution in [0.2, 0.25) is 0 Å². The first-order chi connectivity index (χ1) is 12.6. The molecular weight excluding hydrogens is 332 g/mol. The Bertz CT molecular complexity index is 695.